The van der Waals surface area contributed by atoms with Crippen LogP contribution in [-0.4, -0.2) is 86.0 Å². The van der Waals surface area contributed by atoms with Crippen molar-refractivity contribution in [3.63, 3.8) is 0 Å². The van der Waals surface area contributed by atoms with Crippen molar-refractivity contribution in [2.45, 2.75) is 50.2 Å². The van der Waals surface area contributed by atoms with Gasteiger partial charge in [-0.05, 0) is 19.3 Å². The number of carbonyl (C=O) groups excluding carboxylic acids is 3. The molecule has 3 atom stereocenters. The Morgan fingerprint density at radius 3 is 2.65 bits per heavy atom. The van der Waals surface area contributed by atoms with E-state index in [1.165, 1.54) is 12.5 Å². The van der Waals surface area contributed by atoms with Gasteiger partial charge in [0.2, 0.25) is 17.7 Å². The van der Waals surface area contributed by atoms with Gasteiger partial charge in [-0.15, -0.1) is 0 Å². The molecule has 1 aromatic rings. The first kappa shape index (κ1) is 23.8. The van der Waals surface area contributed by atoms with E-state index in [1.807, 2.05) is 0 Å². The molecular weight excluding hydrogens is 412 g/mol. The number of carboxylic acids is 2. The van der Waals surface area contributed by atoms with Gasteiger partial charge in [-0.25, -0.2) is 9.78 Å². The zero-order chi connectivity index (χ0) is 23.0. The molecule has 3 amide bonds. The maximum atomic E-state index is 12.8. The molecule has 0 aliphatic carbocycles. The third-order valence-electron chi connectivity index (χ3n) is 4.86. The van der Waals surface area contributed by atoms with Crippen molar-refractivity contribution in [2.75, 3.05) is 13.1 Å². The van der Waals surface area contributed by atoms with Crippen LogP contribution in [0.4, 0.5) is 0 Å². The van der Waals surface area contributed by atoms with Gasteiger partial charge in [-0.3, -0.25) is 19.2 Å². The maximum absolute atomic E-state index is 12.8. The summed E-state index contributed by atoms with van der Waals surface area (Å²) < 4.78 is 0. The number of carbonyl (C=O) groups is 5. The largest absolute Gasteiger partial charge is 0.481 e. The van der Waals surface area contributed by atoms with Gasteiger partial charge in [-0.1, -0.05) is 0 Å². The summed E-state index contributed by atoms with van der Waals surface area (Å²) in [6.45, 7) is -0.275. The number of aromatic amines is 1. The van der Waals surface area contributed by atoms with Gasteiger partial charge in [-0.2, -0.15) is 0 Å². The van der Waals surface area contributed by atoms with Crippen molar-refractivity contribution in [1.29, 1.82) is 0 Å². The summed E-state index contributed by atoms with van der Waals surface area (Å²) in [7, 11) is 0. The van der Waals surface area contributed by atoms with Gasteiger partial charge in [0, 0.05) is 31.3 Å². The van der Waals surface area contributed by atoms with Gasteiger partial charge in [0.05, 0.1) is 18.9 Å². The van der Waals surface area contributed by atoms with E-state index in [1.54, 1.807) is 0 Å². The van der Waals surface area contributed by atoms with Crippen molar-refractivity contribution in [1.82, 2.24) is 25.5 Å². The standard InChI is InChI=1S/C18H26N6O7/c19-11(6-10-7-20-9-22-10)16(28)21-8-14(25)23-12(3-4-15(26)27)17(29)24-5-1-2-13(24)18(30)31/h7,9,11-13H,1-6,8,19H2,(H,20,22)(H,21,28)(H,23,25)(H,26,27)(H,30,31). The molecule has 1 saturated heterocycles. The maximum Gasteiger partial charge on any atom is 0.326 e. The number of aliphatic carboxylic acids is 2. The molecule has 0 saturated carbocycles. The lowest BCUT2D eigenvalue weighted by Gasteiger charge is -2.27. The minimum absolute atomic E-state index is 0.179. The average Bonchev–Trinajstić information content (AvgIpc) is 3.40. The molecule has 1 aromatic heterocycles. The highest BCUT2D eigenvalue weighted by Crippen LogP contribution is 2.19. The SMILES string of the molecule is NC(Cc1cnc[nH]1)C(=O)NCC(=O)NC(CCC(=O)O)C(=O)N1CCCC1C(=O)O. The molecule has 0 aromatic carbocycles. The van der Waals surface area contributed by atoms with Crippen molar-refractivity contribution in [3.05, 3.63) is 18.2 Å². The van der Waals surface area contributed by atoms with Gasteiger partial charge < -0.3 is 36.5 Å². The highest BCUT2D eigenvalue weighted by molar-refractivity contribution is 5.93. The molecule has 2 rings (SSSR count). The first-order chi connectivity index (χ1) is 14.7. The number of likely N-dealkylation sites (tertiary alicyclic amines) is 1. The molecule has 13 nitrogen and oxygen atoms in total. The Labute approximate surface area is 177 Å². The lowest BCUT2D eigenvalue weighted by molar-refractivity contribution is -0.149. The molecule has 13 heteroatoms. The molecule has 3 unspecified atom stereocenters. The van der Waals surface area contributed by atoms with Crippen molar-refractivity contribution in [3.8, 4) is 0 Å². The molecule has 0 bridgehead atoms. The number of rotatable bonds is 11. The third kappa shape index (κ3) is 7.06. The second-order valence-corrected chi connectivity index (χ2v) is 7.19. The number of nitrogens with one attached hydrogen (secondary N) is 3. The van der Waals surface area contributed by atoms with Crippen molar-refractivity contribution in [2.24, 2.45) is 5.73 Å². The fraction of sp³-hybridized carbons (Fsp3) is 0.556. The summed E-state index contributed by atoms with van der Waals surface area (Å²) in [4.78, 5) is 67.1. The number of aromatic nitrogens is 2. The molecule has 1 aliphatic heterocycles. The first-order valence-corrected chi connectivity index (χ1v) is 9.74. The Morgan fingerprint density at radius 1 is 1.29 bits per heavy atom. The molecule has 1 fully saturated rings. The predicted molar refractivity (Wildman–Crippen MR) is 104 cm³/mol. The minimum Gasteiger partial charge on any atom is -0.481 e. The minimum atomic E-state index is -1.22. The van der Waals surface area contributed by atoms with Crippen LogP contribution < -0.4 is 16.4 Å². The van der Waals surface area contributed by atoms with Crippen LogP contribution in [0.15, 0.2) is 12.5 Å². The number of nitrogens with zero attached hydrogens (tertiary/aromatic N) is 2. The second-order valence-electron chi connectivity index (χ2n) is 7.19. The zero-order valence-electron chi connectivity index (χ0n) is 16.7. The Kier molecular flexibility index (Phi) is 8.49. The summed E-state index contributed by atoms with van der Waals surface area (Å²) in [5, 5.41) is 22.9. The summed E-state index contributed by atoms with van der Waals surface area (Å²) >= 11 is 0. The summed E-state index contributed by atoms with van der Waals surface area (Å²) in [6.07, 6.45) is 3.30. The number of hydrogen-bond acceptors (Lipinski definition) is 7. The molecule has 170 valence electrons. The Balaban J connectivity index is 1.92. The molecule has 0 spiro atoms. The van der Waals surface area contributed by atoms with Crippen LogP contribution in [0.1, 0.15) is 31.4 Å². The number of amides is 3. The van der Waals surface area contributed by atoms with Crippen molar-refractivity contribution >= 4 is 29.7 Å². The smallest absolute Gasteiger partial charge is 0.326 e. The fourth-order valence-corrected chi connectivity index (χ4v) is 3.28. The third-order valence-corrected chi connectivity index (χ3v) is 4.86. The summed E-state index contributed by atoms with van der Waals surface area (Å²) in [6, 6.07) is -3.17. The lowest BCUT2D eigenvalue weighted by atomic mass is 10.1. The van der Waals surface area contributed by atoms with E-state index >= 15 is 0 Å². The number of hydrogen-bond donors (Lipinski definition) is 6. The van der Waals surface area contributed by atoms with E-state index in [9.17, 15) is 29.1 Å². The topological polar surface area (TPSA) is 208 Å². The number of H-pyrrole nitrogens is 1. The van der Waals surface area contributed by atoms with E-state index in [0.717, 1.165) is 4.90 Å². The van der Waals surface area contributed by atoms with E-state index in [-0.39, 0.29) is 25.8 Å². The molecular formula is C18H26N6O7. The monoisotopic (exact) mass is 438 g/mol. The van der Waals surface area contributed by atoms with E-state index < -0.39 is 60.8 Å². The van der Waals surface area contributed by atoms with Gasteiger partial charge in [0.15, 0.2) is 0 Å². The molecule has 0 radical (unpaired) electrons. The highest BCUT2D eigenvalue weighted by atomic mass is 16.4. The van der Waals surface area contributed by atoms with Crippen LogP contribution in [0.3, 0.4) is 0 Å². The lowest BCUT2D eigenvalue weighted by Crippen LogP contribution is -2.54. The second kappa shape index (κ2) is 11.1. The van der Waals surface area contributed by atoms with E-state index in [4.69, 9.17) is 10.8 Å². The van der Waals surface area contributed by atoms with E-state index in [2.05, 4.69) is 20.6 Å². The van der Waals surface area contributed by atoms with Crippen LogP contribution in [0.2, 0.25) is 0 Å². The van der Waals surface area contributed by atoms with Crippen LogP contribution in [0, 0.1) is 0 Å². The van der Waals surface area contributed by atoms with E-state index in [0.29, 0.717) is 12.1 Å². The van der Waals surface area contributed by atoms with Gasteiger partial charge in [0.25, 0.3) is 0 Å². The highest BCUT2D eigenvalue weighted by Gasteiger charge is 2.37. The molecule has 7 N–H and O–H groups in total. The number of imidazole rings is 1. The predicted octanol–water partition coefficient (Wildman–Crippen LogP) is -2.18. The molecule has 31 heavy (non-hydrogen) atoms. The van der Waals surface area contributed by atoms with Gasteiger partial charge in [0.1, 0.15) is 12.1 Å². The van der Waals surface area contributed by atoms with Crippen LogP contribution in [0.25, 0.3) is 0 Å². The fourth-order valence-electron chi connectivity index (χ4n) is 3.28. The zero-order valence-corrected chi connectivity index (χ0v) is 16.7. The first-order valence-electron chi connectivity index (χ1n) is 9.74. The molecule has 1 aliphatic rings. The van der Waals surface area contributed by atoms with Crippen LogP contribution in [-0.2, 0) is 30.4 Å². The van der Waals surface area contributed by atoms with Gasteiger partial charge >= 0.3 is 11.9 Å². The molecule has 2 heterocycles. The normalized spacial score (nSPS) is 17.6. The Hall–Kier alpha value is -3.48. The summed E-state index contributed by atoms with van der Waals surface area (Å²) in [5.41, 5.74) is 6.42. The quantitative estimate of drug-likeness (QED) is 0.222. The number of carboxylic acid groups (broad SMARTS) is 2. The van der Waals surface area contributed by atoms with Crippen molar-refractivity contribution < 1.29 is 34.2 Å². The Morgan fingerprint density at radius 2 is 2.03 bits per heavy atom. The summed E-state index contributed by atoms with van der Waals surface area (Å²) in [5.74, 6) is -4.31. The number of nitrogens with two attached hydrogens (primary N) is 1. The average molecular weight is 438 g/mol. The Bertz CT molecular complexity index is 812. The van der Waals surface area contributed by atoms with Crippen LogP contribution in [0.5, 0.6) is 0 Å². The van der Waals surface area contributed by atoms with Crippen LogP contribution >= 0.6 is 0 Å².